The minimum absolute atomic E-state index is 0.261. The fraction of sp³-hybridized carbons (Fsp3) is 0.400. The van der Waals surface area contributed by atoms with Crippen LogP contribution in [0.3, 0.4) is 0 Å². The van der Waals surface area contributed by atoms with Crippen LogP contribution in [0, 0.1) is 0 Å². The molecule has 0 amide bonds. The topological polar surface area (TPSA) is 29.3 Å². The van der Waals surface area contributed by atoms with Crippen molar-refractivity contribution in [1.29, 1.82) is 0 Å². The average Bonchev–Trinajstić information content (AvgIpc) is 3.43. The zero-order valence-electron chi connectivity index (χ0n) is 13.6. The third-order valence-electron chi connectivity index (χ3n) is 4.29. The number of hydrogen-bond donors (Lipinski definition) is 1. The Kier molecular flexibility index (Phi) is 6.14. The molecule has 1 atom stereocenters. The van der Waals surface area contributed by atoms with E-state index in [1.807, 2.05) is 11.8 Å². The monoisotopic (exact) mass is 326 g/mol. The second-order valence-electron chi connectivity index (χ2n) is 6.36. The summed E-state index contributed by atoms with van der Waals surface area (Å²) in [4.78, 5) is 3.92. The first-order chi connectivity index (χ1) is 11.3. The maximum atomic E-state index is 6.34. The molecule has 1 fully saturated rings. The SMILES string of the molecule is N[C@H](CCN(Cc1ccccc1)C1CC1)CSc1ccccc1. The molecule has 2 N–H and O–H groups in total. The molecule has 2 aromatic rings. The van der Waals surface area contributed by atoms with E-state index in [-0.39, 0.29) is 6.04 Å². The van der Waals surface area contributed by atoms with Gasteiger partial charge in [0.2, 0.25) is 0 Å². The standard InChI is InChI=1S/C20H26N2S/c21-18(16-23-20-9-5-2-6-10-20)13-14-22(19-11-12-19)15-17-7-3-1-4-8-17/h1-10,18-19H,11-16,21H2/t18-/m1/s1. The van der Waals surface area contributed by atoms with Crippen LogP contribution in [-0.2, 0) is 6.54 Å². The Morgan fingerprint density at radius 1 is 1.00 bits per heavy atom. The van der Waals surface area contributed by atoms with Crippen molar-refractivity contribution < 1.29 is 0 Å². The molecule has 0 saturated heterocycles. The van der Waals surface area contributed by atoms with Gasteiger partial charge in [0.25, 0.3) is 0 Å². The lowest BCUT2D eigenvalue weighted by Gasteiger charge is -2.23. The third kappa shape index (κ3) is 5.69. The molecule has 122 valence electrons. The highest BCUT2D eigenvalue weighted by atomic mass is 32.2. The van der Waals surface area contributed by atoms with Crippen molar-refractivity contribution in [3.8, 4) is 0 Å². The highest BCUT2D eigenvalue weighted by Crippen LogP contribution is 2.28. The average molecular weight is 327 g/mol. The molecule has 0 spiro atoms. The highest BCUT2D eigenvalue weighted by molar-refractivity contribution is 7.99. The second-order valence-corrected chi connectivity index (χ2v) is 7.45. The molecule has 1 saturated carbocycles. The van der Waals surface area contributed by atoms with Crippen molar-refractivity contribution in [2.75, 3.05) is 12.3 Å². The first-order valence-electron chi connectivity index (χ1n) is 8.52. The normalized spacial score (nSPS) is 15.7. The molecule has 0 heterocycles. The van der Waals surface area contributed by atoms with Crippen molar-refractivity contribution >= 4 is 11.8 Å². The van der Waals surface area contributed by atoms with Crippen LogP contribution in [0.4, 0.5) is 0 Å². The number of thioether (sulfide) groups is 1. The van der Waals surface area contributed by atoms with E-state index < -0.39 is 0 Å². The Morgan fingerprint density at radius 2 is 1.65 bits per heavy atom. The Morgan fingerprint density at radius 3 is 2.30 bits per heavy atom. The van der Waals surface area contributed by atoms with Gasteiger partial charge in [-0.25, -0.2) is 0 Å². The van der Waals surface area contributed by atoms with Gasteiger partial charge in [0.15, 0.2) is 0 Å². The van der Waals surface area contributed by atoms with Gasteiger partial charge in [-0.15, -0.1) is 11.8 Å². The van der Waals surface area contributed by atoms with Gasteiger partial charge in [-0.3, -0.25) is 4.90 Å². The lowest BCUT2D eigenvalue weighted by Crippen LogP contribution is -2.33. The quantitative estimate of drug-likeness (QED) is 0.702. The number of rotatable bonds is 9. The summed E-state index contributed by atoms with van der Waals surface area (Å²) in [6.07, 6.45) is 3.77. The van der Waals surface area contributed by atoms with Crippen LogP contribution in [0.2, 0.25) is 0 Å². The van der Waals surface area contributed by atoms with Gasteiger partial charge in [0.1, 0.15) is 0 Å². The molecule has 2 nitrogen and oxygen atoms in total. The summed E-state index contributed by atoms with van der Waals surface area (Å²) in [5.74, 6) is 0.994. The second kappa shape index (κ2) is 8.53. The Bertz CT molecular complexity index is 569. The fourth-order valence-corrected chi connectivity index (χ4v) is 3.71. The summed E-state index contributed by atoms with van der Waals surface area (Å²) < 4.78 is 0. The van der Waals surface area contributed by atoms with E-state index in [0.29, 0.717) is 0 Å². The number of nitrogens with zero attached hydrogens (tertiary/aromatic N) is 1. The van der Waals surface area contributed by atoms with Crippen LogP contribution in [0.25, 0.3) is 0 Å². The molecule has 0 aliphatic heterocycles. The summed E-state index contributed by atoms with van der Waals surface area (Å²) in [6.45, 7) is 2.17. The van der Waals surface area contributed by atoms with Crippen molar-refractivity contribution in [3.05, 3.63) is 66.2 Å². The number of nitrogens with two attached hydrogens (primary N) is 1. The molecule has 23 heavy (non-hydrogen) atoms. The highest BCUT2D eigenvalue weighted by Gasteiger charge is 2.28. The first kappa shape index (κ1) is 16.6. The van der Waals surface area contributed by atoms with Gasteiger partial charge in [-0.05, 0) is 37.0 Å². The van der Waals surface area contributed by atoms with Gasteiger partial charge in [-0.1, -0.05) is 48.5 Å². The van der Waals surface area contributed by atoms with Crippen LogP contribution in [0.1, 0.15) is 24.8 Å². The molecule has 1 aliphatic carbocycles. The van der Waals surface area contributed by atoms with E-state index in [9.17, 15) is 0 Å². The van der Waals surface area contributed by atoms with Gasteiger partial charge in [0, 0.05) is 35.8 Å². The molecule has 3 rings (SSSR count). The van der Waals surface area contributed by atoms with Crippen LogP contribution < -0.4 is 5.73 Å². The minimum Gasteiger partial charge on any atom is -0.327 e. The van der Waals surface area contributed by atoms with Crippen LogP contribution in [-0.4, -0.2) is 29.3 Å². The van der Waals surface area contributed by atoms with E-state index in [1.165, 1.54) is 23.3 Å². The lowest BCUT2D eigenvalue weighted by atomic mass is 10.2. The Balaban J connectivity index is 1.43. The van der Waals surface area contributed by atoms with Crippen LogP contribution >= 0.6 is 11.8 Å². The lowest BCUT2D eigenvalue weighted by molar-refractivity contribution is 0.246. The van der Waals surface area contributed by atoms with Crippen molar-refractivity contribution in [2.24, 2.45) is 5.73 Å². The maximum Gasteiger partial charge on any atom is 0.0236 e. The van der Waals surface area contributed by atoms with Gasteiger partial charge < -0.3 is 5.73 Å². The molecule has 1 aliphatic rings. The largest absolute Gasteiger partial charge is 0.327 e. The summed E-state index contributed by atoms with van der Waals surface area (Å²) in [7, 11) is 0. The molecule has 0 radical (unpaired) electrons. The third-order valence-corrected chi connectivity index (χ3v) is 5.49. The molecular formula is C20H26N2S. The van der Waals surface area contributed by atoms with E-state index in [1.54, 1.807) is 0 Å². The fourth-order valence-electron chi connectivity index (χ4n) is 2.78. The van der Waals surface area contributed by atoms with E-state index >= 15 is 0 Å². The van der Waals surface area contributed by atoms with Gasteiger partial charge >= 0.3 is 0 Å². The van der Waals surface area contributed by atoms with Gasteiger partial charge in [-0.2, -0.15) is 0 Å². The summed E-state index contributed by atoms with van der Waals surface area (Å²) in [5, 5.41) is 0. The molecule has 2 aromatic carbocycles. The Labute approximate surface area is 144 Å². The van der Waals surface area contributed by atoms with E-state index in [2.05, 4.69) is 65.6 Å². The zero-order valence-corrected chi connectivity index (χ0v) is 14.4. The summed E-state index contributed by atoms with van der Waals surface area (Å²) in [6, 6.07) is 22.4. The van der Waals surface area contributed by atoms with E-state index in [4.69, 9.17) is 5.73 Å². The zero-order chi connectivity index (χ0) is 15.9. The number of hydrogen-bond acceptors (Lipinski definition) is 3. The van der Waals surface area contributed by atoms with Crippen LogP contribution in [0.15, 0.2) is 65.6 Å². The molecule has 0 bridgehead atoms. The molecule has 0 aromatic heterocycles. The smallest absolute Gasteiger partial charge is 0.0236 e. The predicted molar refractivity (Wildman–Crippen MR) is 99.6 cm³/mol. The molecule has 3 heteroatoms. The molecule has 0 unspecified atom stereocenters. The number of benzene rings is 2. The summed E-state index contributed by atoms with van der Waals surface area (Å²) >= 11 is 1.86. The predicted octanol–water partition coefficient (Wildman–Crippen LogP) is 4.16. The minimum atomic E-state index is 0.261. The Hall–Kier alpha value is -1.29. The van der Waals surface area contributed by atoms with Crippen molar-refractivity contribution in [3.63, 3.8) is 0 Å². The summed E-state index contributed by atoms with van der Waals surface area (Å²) in [5.41, 5.74) is 7.75. The van der Waals surface area contributed by atoms with E-state index in [0.717, 1.165) is 31.3 Å². The van der Waals surface area contributed by atoms with Gasteiger partial charge in [0.05, 0.1) is 0 Å². The van der Waals surface area contributed by atoms with Crippen molar-refractivity contribution in [2.45, 2.75) is 42.8 Å². The maximum absolute atomic E-state index is 6.34. The van der Waals surface area contributed by atoms with Crippen molar-refractivity contribution in [1.82, 2.24) is 4.90 Å². The molecular weight excluding hydrogens is 300 g/mol. The first-order valence-corrected chi connectivity index (χ1v) is 9.51. The van der Waals surface area contributed by atoms with Crippen LogP contribution in [0.5, 0.6) is 0 Å².